The molecule has 2 rings (SSSR count). The van der Waals surface area contributed by atoms with Crippen molar-refractivity contribution in [3.8, 4) is 5.75 Å². The minimum absolute atomic E-state index is 0.0568. The standard InChI is InChI=1S/C13H16ClNO2/c1-7-4-10(17-3)11(8(2)12(7)14)13(16)9-5-15-6-9/h4,9,15H,5-6H2,1-3H3. The second kappa shape index (κ2) is 4.67. The monoisotopic (exact) mass is 253 g/mol. The fourth-order valence-corrected chi connectivity index (χ4v) is 2.22. The first-order valence-corrected chi connectivity index (χ1v) is 6.02. The van der Waals surface area contributed by atoms with Crippen molar-refractivity contribution in [2.24, 2.45) is 5.92 Å². The van der Waals surface area contributed by atoms with Crippen molar-refractivity contribution in [1.29, 1.82) is 0 Å². The van der Waals surface area contributed by atoms with Crippen LogP contribution in [0.4, 0.5) is 0 Å². The molecule has 0 aliphatic carbocycles. The number of methoxy groups -OCH3 is 1. The quantitative estimate of drug-likeness (QED) is 0.841. The summed E-state index contributed by atoms with van der Waals surface area (Å²) in [6, 6.07) is 1.83. The molecule has 1 aliphatic heterocycles. The Kier molecular flexibility index (Phi) is 3.40. The molecule has 0 saturated carbocycles. The average molecular weight is 254 g/mol. The molecule has 4 heteroatoms. The van der Waals surface area contributed by atoms with Gasteiger partial charge in [-0.2, -0.15) is 0 Å². The topological polar surface area (TPSA) is 38.3 Å². The third-order valence-electron chi connectivity index (χ3n) is 3.26. The fraction of sp³-hybridized carbons (Fsp3) is 0.462. The third-order valence-corrected chi connectivity index (χ3v) is 3.84. The van der Waals surface area contributed by atoms with Crippen molar-refractivity contribution in [2.75, 3.05) is 20.2 Å². The zero-order valence-electron chi connectivity index (χ0n) is 10.3. The van der Waals surface area contributed by atoms with E-state index in [-0.39, 0.29) is 11.7 Å². The predicted octanol–water partition coefficient (Wildman–Crippen LogP) is 2.37. The molecule has 92 valence electrons. The Morgan fingerprint density at radius 1 is 1.47 bits per heavy atom. The number of carbonyl (C=O) groups is 1. The summed E-state index contributed by atoms with van der Waals surface area (Å²) in [5, 5.41) is 3.75. The van der Waals surface area contributed by atoms with E-state index in [1.165, 1.54) is 0 Å². The molecule has 17 heavy (non-hydrogen) atoms. The van der Waals surface area contributed by atoms with Gasteiger partial charge in [-0.25, -0.2) is 0 Å². The van der Waals surface area contributed by atoms with Crippen LogP contribution in [0, 0.1) is 19.8 Å². The summed E-state index contributed by atoms with van der Waals surface area (Å²) < 4.78 is 5.30. The SMILES string of the molecule is COc1cc(C)c(Cl)c(C)c1C(=O)C1CNC1. The summed E-state index contributed by atoms with van der Waals surface area (Å²) in [5.74, 6) is 0.808. The van der Waals surface area contributed by atoms with E-state index in [2.05, 4.69) is 5.32 Å². The largest absolute Gasteiger partial charge is 0.496 e. The van der Waals surface area contributed by atoms with Crippen LogP contribution >= 0.6 is 11.6 Å². The van der Waals surface area contributed by atoms with Crippen molar-refractivity contribution in [3.63, 3.8) is 0 Å². The van der Waals surface area contributed by atoms with Gasteiger partial charge in [0.15, 0.2) is 5.78 Å². The van der Waals surface area contributed by atoms with Crippen LogP contribution in [0.3, 0.4) is 0 Å². The Hall–Kier alpha value is -1.06. The number of carbonyl (C=O) groups excluding carboxylic acids is 1. The normalized spacial score (nSPS) is 15.5. The highest BCUT2D eigenvalue weighted by atomic mass is 35.5. The second-order valence-electron chi connectivity index (χ2n) is 4.43. The van der Waals surface area contributed by atoms with Crippen molar-refractivity contribution in [1.82, 2.24) is 5.32 Å². The van der Waals surface area contributed by atoms with Crippen molar-refractivity contribution >= 4 is 17.4 Å². The lowest BCUT2D eigenvalue weighted by Gasteiger charge is -2.27. The van der Waals surface area contributed by atoms with Gasteiger partial charge in [0.05, 0.1) is 12.7 Å². The highest BCUT2D eigenvalue weighted by molar-refractivity contribution is 6.32. The Bertz CT molecular complexity index is 467. The van der Waals surface area contributed by atoms with Gasteiger partial charge in [-0.1, -0.05) is 11.6 Å². The first kappa shape index (κ1) is 12.4. The van der Waals surface area contributed by atoms with Crippen LogP contribution in [0.15, 0.2) is 6.07 Å². The van der Waals surface area contributed by atoms with E-state index in [4.69, 9.17) is 16.3 Å². The van der Waals surface area contributed by atoms with Crippen LogP contribution in [-0.4, -0.2) is 26.0 Å². The van der Waals surface area contributed by atoms with E-state index in [1.54, 1.807) is 7.11 Å². The van der Waals surface area contributed by atoms with Crippen molar-refractivity contribution in [3.05, 3.63) is 27.8 Å². The minimum Gasteiger partial charge on any atom is -0.496 e. The smallest absolute Gasteiger partial charge is 0.172 e. The van der Waals surface area contributed by atoms with E-state index < -0.39 is 0 Å². The molecule has 0 unspecified atom stereocenters. The van der Waals surface area contributed by atoms with Gasteiger partial charge in [0.2, 0.25) is 0 Å². The third kappa shape index (κ3) is 2.05. The van der Waals surface area contributed by atoms with Crippen LogP contribution in [-0.2, 0) is 0 Å². The molecule has 1 N–H and O–H groups in total. The zero-order valence-corrected chi connectivity index (χ0v) is 11.0. The molecule has 1 aromatic rings. The highest BCUT2D eigenvalue weighted by Crippen LogP contribution is 2.33. The van der Waals surface area contributed by atoms with Crippen LogP contribution in [0.25, 0.3) is 0 Å². The van der Waals surface area contributed by atoms with Gasteiger partial charge >= 0.3 is 0 Å². The summed E-state index contributed by atoms with van der Waals surface area (Å²) in [6.07, 6.45) is 0. The van der Waals surface area contributed by atoms with Crippen molar-refractivity contribution in [2.45, 2.75) is 13.8 Å². The lowest BCUT2D eigenvalue weighted by molar-refractivity contribution is 0.0874. The fourth-order valence-electron chi connectivity index (χ4n) is 2.07. The van der Waals surface area contributed by atoms with Crippen LogP contribution in [0.2, 0.25) is 5.02 Å². The molecule has 1 aliphatic rings. The molecule has 0 aromatic heterocycles. The van der Waals surface area contributed by atoms with Crippen LogP contribution in [0.5, 0.6) is 5.75 Å². The number of Topliss-reactive ketones (excluding diaryl/α,β-unsaturated/α-hetero) is 1. The Morgan fingerprint density at radius 2 is 2.12 bits per heavy atom. The first-order chi connectivity index (χ1) is 8.06. The molecule has 1 saturated heterocycles. The molecule has 0 radical (unpaired) electrons. The molecule has 0 bridgehead atoms. The number of hydrogen-bond donors (Lipinski definition) is 1. The Labute approximate surface area is 106 Å². The molecule has 1 aromatic carbocycles. The molecular weight excluding hydrogens is 238 g/mol. The van der Waals surface area contributed by atoms with E-state index in [0.29, 0.717) is 16.3 Å². The van der Waals surface area contributed by atoms with E-state index in [1.807, 2.05) is 19.9 Å². The maximum Gasteiger partial charge on any atom is 0.172 e. The van der Waals surface area contributed by atoms with Gasteiger partial charge in [-0.15, -0.1) is 0 Å². The van der Waals surface area contributed by atoms with E-state index in [0.717, 1.165) is 24.2 Å². The number of hydrogen-bond acceptors (Lipinski definition) is 3. The molecule has 0 amide bonds. The molecular formula is C13H16ClNO2. The molecule has 0 atom stereocenters. The van der Waals surface area contributed by atoms with Gasteiger partial charge < -0.3 is 10.1 Å². The van der Waals surface area contributed by atoms with Gasteiger partial charge in [0, 0.05) is 24.0 Å². The van der Waals surface area contributed by atoms with Gasteiger partial charge in [-0.05, 0) is 31.0 Å². The summed E-state index contributed by atoms with van der Waals surface area (Å²) in [7, 11) is 1.58. The average Bonchev–Trinajstić information content (AvgIpc) is 2.22. The molecule has 3 nitrogen and oxygen atoms in total. The maximum absolute atomic E-state index is 12.3. The molecule has 1 heterocycles. The Balaban J connectivity index is 2.50. The number of halogens is 1. The maximum atomic E-state index is 12.3. The number of ketones is 1. The number of benzene rings is 1. The van der Waals surface area contributed by atoms with Crippen LogP contribution < -0.4 is 10.1 Å². The lowest BCUT2D eigenvalue weighted by Crippen LogP contribution is -2.46. The predicted molar refractivity (Wildman–Crippen MR) is 68.2 cm³/mol. The second-order valence-corrected chi connectivity index (χ2v) is 4.81. The van der Waals surface area contributed by atoms with E-state index in [9.17, 15) is 4.79 Å². The number of nitrogens with one attached hydrogen (secondary N) is 1. The first-order valence-electron chi connectivity index (χ1n) is 5.65. The number of aryl methyl sites for hydroxylation is 1. The summed E-state index contributed by atoms with van der Waals surface area (Å²) in [4.78, 5) is 12.3. The number of ether oxygens (including phenoxy) is 1. The molecule has 0 spiro atoms. The van der Waals surface area contributed by atoms with Crippen molar-refractivity contribution < 1.29 is 9.53 Å². The highest BCUT2D eigenvalue weighted by Gasteiger charge is 2.30. The van der Waals surface area contributed by atoms with Crippen LogP contribution in [0.1, 0.15) is 21.5 Å². The van der Waals surface area contributed by atoms with Gasteiger partial charge in [0.25, 0.3) is 0 Å². The van der Waals surface area contributed by atoms with Gasteiger partial charge in [0.1, 0.15) is 5.75 Å². The summed E-state index contributed by atoms with van der Waals surface area (Å²) >= 11 is 6.20. The number of rotatable bonds is 3. The lowest BCUT2D eigenvalue weighted by atomic mass is 9.89. The van der Waals surface area contributed by atoms with E-state index >= 15 is 0 Å². The summed E-state index contributed by atoms with van der Waals surface area (Å²) in [5.41, 5.74) is 2.39. The molecule has 1 fully saturated rings. The zero-order chi connectivity index (χ0) is 12.6. The Morgan fingerprint density at radius 3 is 2.59 bits per heavy atom. The van der Waals surface area contributed by atoms with Gasteiger partial charge in [-0.3, -0.25) is 4.79 Å². The summed E-state index contributed by atoms with van der Waals surface area (Å²) in [6.45, 7) is 5.27. The minimum atomic E-state index is 0.0568.